The summed E-state index contributed by atoms with van der Waals surface area (Å²) in [4.78, 5) is 0. The third-order valence-corrected chi connectivity index (χ3v) is 3.78. The summed E-state index contributed by atoms with van der Waals surface area (Å²) in [5.74, 6) is 0. The lowest BCUT2D eigenvalue weighted by atomic mass is 10.1. The van der Waals surface area contributed by atoms with E-state index in [2.05, 4.69) is 34.3 Å². The molecule has 0 aliphatic rings. The van der Waals surface area contributed by atoms with Crippen LogP contribution in [0.4, 0.5) is 0 Å². The zero-order valence-electron chi connectivity index (χ0n) is 7.10. The highest BCUT2D eigenvalue weighted by Gasteiger charge is 2.07. The maximum atomic E-state index is 6.16. The van der Waals surface area contributed by atoms with E-state index in [4.69, 9.17) is 11.6 Å². The Labute approximate surface area is 94.7 Å². The predicted molar refractivity (Wildman–Crippen MR) is 63.9 cm³/mol. The van der Waals surface area contributed by atoms with E-state index < -0.39 is 0 Å². The van der Waals surface area contributed by atoms with Crippen molar-refractivity contribution in [2.24, 2.45) is 0 Å². The molecule has 2 aromatic rings. The molecule has 0 unspecified atom stereocenters. The second kappa shape index (κ2) is 3.60. The molecule has 0 spiro atoms. The van der Waals surface area contributed by atoms with E-state index in [9.17, 15) is 0 Å². The highest BCUT2D eigenvalue weighted by atomic mass is 79.9. The fourth-order valence-corrected chi connectivity index (χ4v) is 3.65. The van der Waals surface area contributed by atoms with Gasteiger partial charge in [-0.3, -0.25) is 0 Å². The molecule has 1 aromatic carbocycles. The highest BCUT2D eigenvalue weighted by Crippen LogP contribution is 2.35. The van der Waals surface area contributed by atoms with Gasteiger partial charge in [0.05, 0.1) is 5.02 Å². The SMILES string of the molecule is CCc1csc2cc(Br)cc(Cl)c12. The van der Waals surface area contributed by atoms with Gasteiger partial charge in [-0.2, -0.15) is 0 Å². The number of benzene rings is 1. The number of hydrogen-bond acceptors (Lipinski definition) is 1. The van der Waals surface area contributed by atoms with Crippen LogP contribution in [0, 0.1) is 0 Å². The van der Waals surface area contributed by atoms with Gasteiger partial charge in [-0.1, -0.05) is 34.5 Å². The maximum absolute atomic E-state index is 6.16. The van der Waals surface area contributed by atoms with Gasteiger partial charge in [-0.15, -0.1) is 11.3 Å². The first-order valence-electron chi connectivity index (χ1n) is 4.07. The van der Waals surface area contributed by atoms with Crippen LogP contribution in [0.3, 0.4) is 0 Å². The highest BCUT2D eigenvalue weighted by molar-refractivity contribution is 9.10. The third kappa shape index (κ3) is 1.63. The van der Waals surface area contributed by atoms with Gasteiger partial charge in [0, 0.05) is 14.6 Å². The van der Waals surface area contributed by atoms with E-state index >= 15 is 0 Å². The van der Waals surface area contributed by atoms with E-state index in [1.807, 2.05) is 6.07 Å². The summed E-state index contributed by atoms with van der Waals surface area (Å²) in [5, 5.41) is 4.25. The van der Waals surface area contributed by atoms with E-state index in [-0.39, 0.29) is 0 Å². The Hall–Kier alpha value is -0.0500. The van der Waals surface area contributed by atoms with E-state index in [1.54, 1.807) is 11.3 Å². The van der Waals surface area contributed by atoms with Crippen molar-refractivity contribution in [1.82, 2.24) is 0 Å². The van der Waals surface area contributed by atoms with Gasteiger partial charge in [0.25, 0.3) is 0 Å². The molecule has 0 fully saturated rings. The van der Waals surface area contributed by atoms with Crippen molar-refractivity contribution in [2.45, 2.75) is 13.3 Å². The lowest BCUT2D eigenvalue weighted by molar-refractivity contribution is 1.17. The summed E-state index contributed by atoms with van der Waals surface area (Å²) < 4.78 is 2.31. The van der Waals surface area contributed by atoms with Crippen LogP contribution in [-0.2, 0) is 6.42 Å². The standard InChI is InChI=1S/C10H8BrClS/c1-2-6-5-13-9-4-7(11)3-8(12)10(6)9/h3-5H,2H2,1H3. The molecule has 2 rings (SSSR count). The number of rotatable bonds is 1. The summed E-state index contributed by atoms with van der Waals surface area (Å²) in [6.07, 6.45) is 1.04. The number of hydrogen-bond donors (Lipinski definition) is 0. The second-order valence-electron chi connectivity index (χ2n) is 2.88. The zero-order chi connectivity index (χ0) is 9.42. The smallest absolute Gasteiger partial charge is 0.0506 e. The molecule has 0 atom stereocenters. The molecule has 0 saturated carbocycles. The molecule has 0 bridgehead atoms. The Morgan fingerprint density at radius 2 is 2.23 bits per heavy atom. The molecular formula is C10H8BrClS. The largest absolute Gasteiger partial charge is 0.143 e. The lowest BCUT2D eigenvalue weighted by Crippen LogP contribution is -1.77. The fourth-order valence-electron chi connectivity index (χ4n) is 1.41. The average molecular weight is 276 g/mol. The van der Waals surface area contributed by atoms with Crippen molar-refractivity contribution in [3.05, 3.63) is 32.6 Å². The molecule has 0 saturated heterocycles. The van der Waals surface area contributed by atoms with Crippen molar-refractivity contribution in [2.75, 3.05) is 0 Å². The van der Waals surface area contributed by atoms with Crippen LogP contribution in [0.1, 0.15) is 12.5 Å². The molecule has 0 nitrogen and oxygen atoms in total. The number of thiophene rings is 1. The van der Waals surface area contributed by atoms with Crippen LogP contribution in [-0.4, -0.2) is 0 Å². The molecule has 0 aliphatic heterocycles. The minimum absolute atomic E-state index is 0.850. The average Bonchev–Trinajstić information content (AvgIpc) is 2.47. The Morgan fingerprint density at radius 1 is 1.46 bits per heavy atom. The summed E-state index contributed by atoms with van der Waals surface area (Å²) >= 11 is 11.4. The van der Waals surface area contributed by atoms with Gasteiger partial charge < -0.3 is 0 Å². The molecule has 0 N–H and O–H groups in total. The number of halogens is 2. The van der Waals surface area contributed by atoms with Gasteiger partial charge >= 0.3 is 0 Å². The number of fused-ring (bicyclic) bond motifs is 1. The quantitative estimate of drug-likeness (QED) is 0.696. The Kier molecular flexibility index (Phi) is 2.63. The van der Waals surface area contributed by atoms with Crippen LogP contribution in [0.2, 0.25) is 5.02 Å². The summed E-state index contributed by atoms with van der Waals surface area (Å²) in [6, 6.07) is 4.07. The second-order valence-corrected chi connectivity index (χ2v) is 5.11. The molecule has 1 aromatic heterocycles. The minimum Gasteiger partial charge on any atom is -0.143 e. The Balaban J connectivity index is 2.82. The molecule has 13 heavy (non-hydrogen) atoms. The van der Waals surface area contributed by atoms with Gasteiger partial charge in [-0.25, -0.2) is 0 Å². The maximum Gasteiger partial charge on any atom is 0.0506 e. The fraction of sp³-hybridized carbons (Fsp3) is 0.200. The van der Waals surface area contributed by atoms with Crippen molar-refractivity contribution in [3.8, 4) is 0 Å². The van der Waals surface area contributed by atoms with Gasteiger partial charge in [0.2, 0.25) is 0 Å². The van der Waals surface area contributed by atoms with Crippen LogP contribution in [0.15, 0.2) is 22.0 Å². The minimum atomic E-state index is 0.850. The van der Waals surface area contributed by atoms with Crippen molar-refractivity contribution >= 4 is 49.0 Å². The third-order valence-electron chi connectivity index (χ3n) is 2.05. The topological polar surface area (TPSA) is 0 Å². The first-order chi connectivity index (χ1) is 6.22. The van der Waals surface area contributed by atoms with Crippen LogP contribution in [0.5, 0.6) is 0 Å². The molecule has 0 radical (unpaired) electrons. The van der Waals surface area contributed by atoms with Gasteiger partial charge in [0.1, 0.15) is 0 Å². The first-order valence-corrected chi connectivity index (χ1v) is 6.12. The zero-order valence-corrected chi connectivity index (χ0v) is 10.3. The summed E-state index contributed by atoms with van der Waals surface area (Å²) in [6.45, 7) is 2.15. The van der Waals surface area contributed by atoms with E-state index in [1.165, 1.54) is 15.6 Å². The molecule has 3 heteroatoms. The summed E-state index contributed by atoms with van der Waals surface area (Å²) in [7, 11) is 0. The van der Waals surface area contributed by atoms with Gasteiger partial charge in [-0.05, 0) is 29.5 Å². The molecule has 0 amide bonds. The van der Waals surface area contributed by atoms with Gasteiger partial charge in [0.15, 0.2) is 0 Å². The Morgan fingerprint density at radius 3 is 2.92 bits per heavy atom. The summed E-state index contributed by atoms with van der Waals surface area (Å²) in [5.41, 5.74) is 1.34. The molecule has 68 valence electrons. The van der Waals surface area contributed by atoms with Crippen LogP contribution >= 0.6 is 38.9 Å². The van der Waals surface area contributed by atoms with Crippen LogP contribution < -0.4 is 0 Å². The number of aryl methyl sites for hydroxylation is 1. The van der Waals surface area contributed by atoms with E-state index in [0.717, 1.165) is 15.9 Å². The van der Waals surface area contributed by atoms with E-state index in [0.29, 0.717) is 0 Å². The Bertz CT molecular complexity index is 447. The molecule has 1 heterocycles. The lowest BCUT2D eigenvalue weighted by Gasteiger charge is -1.98. The molecular weight excluding hydrogens is 268 g/mol. The first kappa shape index (κ1) is 9.50. The predicted octanol–water partition coefficient (Wildman–Crippen LogP) is 4.88. The normalized spacial score (nSPS) is 11.0. The molecule has 0 aliphatic carbocycles. The van der Waals surface area contributed by atoms with Crippen molar-refractivity contribution in [1.29, 1.82) is 0 Å². The van der Waals surface area contributed by atoms with Crippen LogP contribution in [0.25, 0.3) is 10.1 Å². The van der Waals surface area contributed by atoms with Crippen molar-refractivity contribution < 1.29 is 0 Å². The van der Waals surface area contributed by atoms with Crippen molar-refractivity contribution in [3.63, 3.8) is 0 Å². The monoisotopic (exact) mass is 274 g/mol.